The molecule has 0 atom stereocenters. The van der Waals surface area contributed by atoms with Gasteiger partial charge >= 0.3 is 0 Å². The summed E-state index contributed by atoms with van der Waals surface area (Å²) in [4.78, 5) is 9.00. The molecule has 1 aromatic carbocycles. The number of ether oxygens (including phenoxy) is 2. The molecule has 1 fully saturated rings. The number of nitrogens with one attached hydrogen (secondary N) is 1. The lowest BCUT2D eigenvalue weighted by atomic mass is 9.74. The van der Waals surface area contributed by atoms with Gasteiger partial charge in [0.1, 0.15) is 11.6 Å². The number of rotatable bonds is 6. The summed E-state index contributed by atoms with van der Waals surface area (Å²) in [5.41, 5.74) is 3.22. The molecule has 0 saturated carbocycles. The first kappa shape index (κ1) is 17.7. The van der Waals surface area contributed by atoms with Crippen LogP contribution in [-0.4, -0.2) is 36.3 Å². The van der Waals surface area contributed by atoms with Gasteiger partial charge in [-0.1, -0.05) is 12.1 Å². The van der Waals surface area contributed by atoms with Gasteiger partial charge in [0.15, 0.2) is 0 Å². The van der Waals surface area contributed by atoms with Crippen LogP contribution in [0, 0.1) is 13.8 Å². The van der Waals surface area contributed by atoms with Gasteiger partial charge in [0.05, 0.1) is 18.0 Å². The Labute approximate surface area is 149 Å². The Morgan fingerprint density at radius 1 is 1.16 bits per heavy atom. The quantitative estimate of drug-likeness (QED) is 0.869. The summed E-state index contributed by atoms with van der Waals surface area (Å²) < 4.78 is 11.2. The van der Waals surface area contributed by atoms with Gasteiger partial charge in [0.25, 0.3) is 0 Å². The molecule has 1 aromatic heterocycles. The van der Waals surface area contributed by atoms with Crippen LogP contribution >= 0.6 is 0 Å². The van der Waals surface area contributed by atoms with Crippen LogP contribution in [0.3, 0.4) is 0 Å². The molecule has 134 valence electrons. The van der Waals surface area contributed by atoms with Crippen molar-refractivity contribution in [2.75, 3.05) is 31.7 Å². The summed E-state index contributed by atoms with van der Waals surface area (Å²) in [7, 11) is 0. The molecule has 0 bridgehead atoms. The molecular formula is C20H27N3O2. The highest BCUT2D eigenvalue weighted by molar-refractivity contribution is 5.42. The van der Waals surface area contributed by atoms with Crippen molar-refractivity contribution in [3.63, 3.8) is 0 Å². The maximum Gasteiger partial charge on any atom is 0.147 e. The molecule has 1 N–H and O–H groups in total. The molecule has 1 aliphatic rings. The Kier molecular flexibility index (Phi) is 5.53. The highest BCUT2D eigenvalue weighted by Gasteiger charge is 2.34. The van der Waals surface area contributed by atoms with Gasteiger partial charge in [0.2, 0.25) is 0 Å². The van der Waals surface area contributed by atoms with Crippen molar-refractivity contribution >= 4 is 5.82 Å². The van der Waals surface area contributed by atoms with Crippen LogP contribution in [0.25, 0.3) is 0 Å². The van der Waals surface area contributed by atoms with E-state index >= 15 is 0 Å². The molecule has 2 heterocycles. The van der Waals surface area contributed by atoms with Gasteiger partial charge < -0.3 is 14.8 Å². The molecule has 2 aromatic rings. The van der Waals surface area contributed by atoms with Crippen LogP contribution in [0.4, 0.5) is 5.82 Å². The molecular weight excluding hydrogens is 314 g/mol. The Balaban J connectivity index is 1.82. The van der Waals surface area contributed by atoms with E-state index in [0.717, 1.165) is 55.6 Å². The second-order valence-corrected chi connectivity index (χ2v) is 6.65. The minimum atomic E-state index is 0.0425. The number of hydrogen-bond acceptors (Lipinski definition) is 5. The summed E-state index contributed by atoms with van der Waals surface area (Å²) in [6, 6.07) is 8.50. The van der Waals surface area contributed by atoms with E-state index in [4.69, 9.17) is 9.47 Å². The molecule has 0 unspecified atom stereocenters. The van der Waals surface area contributed by atoms with Crippen molar-refractivity contribution < 1.29 is 9.47 Å². The molecule has 0 radical (unpaired) electrons. The zero-order valence-electron chi connectivity index (χ0n) is 15.3. The average molecular weight is 341 g/mol. The van der Waals surface area contributed by atoms with E-state index < -0.39 is 0 Å². The fourth-order valence-electron chi connectivity index (χ4n) is 3.36. The Bertz CT molecular complexity index is 695. The highest BCUT2D eigenvalue weighted by Crippen LogP contribution is 2.36. The van der Waals surface area contributed by atoms with Crippen molar-refractivity contribution in [3.8, 4) is 5.75 Å². The molecule has 5 nitrogen and oxygen atoms in total. The van der Waals surface area contributed by atoms with Crippen molar-refractivity contribution in [1.82, 2.24) is 9.97 Å². The van der Waals surface area contributed by atoms with Crippen LogP contribution in [0.15, 0.2) is 30.5 Å². The monoisotopic (exact) mass is 341 g/mol. The van der Waals surface area contributed by atoms with Gasteiger partial charge in [-0.2, -0.15) is 0 Å². The van der Waals surface area contributed by atoms with E-state index in [0.29, 0.717) is 6.61 Å². The van der Waals surface area contributed by atoms with Gasteiger partial charge in [-0.3, -0.25) is 4.98 Å². The lowest BCUT2D eigenvalue weighted by Gasteiger charge is -2.38. The van der Waals surface area contributed by atoms with Crippen molar-refractivity contribution in [3.05, 3.63) is 47.4 Å². The SMILES string of the molecule is CCOc1ccc(C2(CNc3nc(C)cnc3C)CCOCC2)cc1. The molecule has 3 rings (SSSR count). The van der Waals surface area contributed by atoms with Crippen molar-refractivity contribution in [2.45, 2.75) is 39.0 Å². The summed E-state index contributed by atoms with van der Waals surface area (Å²) in [6.45, 7) is 9.04. The number of aromatic nitrogens is 2. The fourth-order valence-corrected chi connectivity index (χ4v) is 3.36. The predicted octanol–water partition coefficient (Wildman–Crippen LogP) is 3.65. The normalized spacial score (nSPS) is 16.4. The van der Waals surface area contributed by atoms with Crippen LogP contribution in [0.1, 0.15) is 36.7 Å². The third-order valence-electron chi connectivity index (χ3n) is 4.90. The first-order chi connectivity index (χ1) is 12.1. The van der Waals surface area contributed by atoms with E-state index in [1.807, 2.05) is 20.8 Å². The van der Waals surface area contributed by atoms with Gasteiger partial charge in [-0.05, 0) is 51.3 Å². The zero-order chi connectivity index (χ0) is 17.7. The second kappa shape index (κ2) is 7.83. The minimum absolute atomic E-state index is 0.0425. The Morgan fingerprint density at radius 2 is 1.88 bits per heavy atom. The van der Waals surface area contributed by atoms with E-state index in [1.54, 1.807) is 6.20 Å². The molecule has 0 spiro atoms. The fraction of sp³-hybridized carbons (Fsp3) is 0.500. The first-order valence-corrected chi connectivity index (χ1v) is 8.98. The predicted molar refractivity (Wildman–Crippen MR) is 99.3 cm³/mol. The molecule has 25 heavy (non-hydrogen) atoms. The van der Waals surface area contributed by atoms with Gasteiger partial charge in [0, 0.05) is 31.4 Å². The van der Waals surface area contributed by atoms with E-state index in [9.17, 15) is 0 Å². The number of aryl methyl sites for hydroxylation is 2. The summed E-state index contributed by atoms with van der Waals surface area (Å²) in [5, 5.41) is 3.54. The van der Waals surface area contributed by atoms with Crippen molar-refractivity contribution in [2.24, 2.45) is 0 Å². The number of benzene rings is 1. The smallest absolute Gasteiger partial charge is 0.147 e. The second-order valence-electron chi connectivity index (χ2n) is 6.65. The Hall–Kier alpha value is -2.14. The number of hydrogen-bond donors (Lipinski definition) is 1. The topological polar surface area (TPSA) is 56.3 Å². The van der Waals surface area contributed by atoms with Gasteiger partial charge in [-0.15, -0.1) is 0 Å². The van der Waals surface area contributed by atoms with E-state index in [1.165, 1.54) is 5.56 Å². The Morgan fingerprint density at radius 3 is 2.56 bits per heavy atom. The van der Waals surface area contributed by atoms with Crippen molar-refractivity contribution in [1.29, 1.82) is 0 Å². The van der Waals surface area contributed by atoms with Gasteiger partial charge in [-0.25, -0.2) is 4.98 Å². The summed E-state index contributed by atoms with van der Waals surface area (Å²) in [5.74, 6) is 1.79. The lowest BCUT2D eigenvalue weighted by Crippen LogP contribution is -2.40. The lowest BCUT2D eigenvalue weighted by molar-refractivity contribution is 0.0543. The summed E-state index contributed by atoms with van der Waals surface area (Å²) >= 11 is 0. The molecule has 0 amide bonds. The maximum atomic E-state index is 5.62. The standard InChI is InChI=1S/C20H27N3O2/c1-4-25-18-7-5-17(6-8-18)20(9-11-24-12-10-20)14-22-19-16(3)21-13-15(2)23-19/h5-8,13H,4,9-12,14H2,1-3H3,(H,22,23). The third kappa shape index (κ3) is 4.10. The maximum absolute atomic E-state index is 5.62. The van der Waals surface area contributed by atoms with Crippen LogP contribution < -0.4 is 10.1 Å². The molecule has 1 saturated heterocycles. The van der Waals surface area contributed by atoms with E-state index in [2.05, 4.69) is 39.6 Å². The average Bonchev–Trinajstić information content (AvgIpc) is 2.64. The van der Waals surface area contributed by atoms with Crippen LogP contribution in [0.2, 0.25) is 0 Å². The minimum Gasteiger partial charge on any atom is -0.494 e. The zero-order valence-corrected chi connectivity index (χ0v) is 15.3. The first-order valence-electron chi connectivity index (χ1n) is 8.98. The number of nitrogens with zero attached hydrogens (tertiary/aromatic N) is 2. The molecule has 5 heteroatoms. The highest BCUT2D eigenvalue weighted by atomic mass is 16.5. The van der Waals surface area contributed by atoms with Crippen LogP contribution in [0.5, 0.6) is 5.75 Å². The van der Waals surface area contributed by atoms with Crippen LogP contribution in [-0.2, 0) is 10.2 Å². The third-order valence-corrected chi connectivity index (χ3v) is 4.90. The molecule has 1 aliphatic heterocycles. The number of anilines is 1. The summed E-state index contributed by atoms with van der Waals surface area (Å²) in [6.07, 6.45) is 3.79. The molecule has 0 aliphatic carbocycles. The van der Waals surface area contributed by atoms with E-state index in [-0.39, 0.29) is 5.41 Å². The largest absolute Gasteiger partial charge is 0.494 e.